The zero-order valence-electron chi connectivity index (χ0n) is 15.4. The summed E-state index contributed by atoms with van der Waals surface area (Å²) in [5.41, 5.74) is 0.882. The number of nitrogens with zero attached hydrogens (tertiary/aromatic N) is 1. The lowest BCUT2D eigenvalue weighted by Crippen LogP contribution is -2.19. The summed E-state index contributed by atoms with van der Waals surface area (Å²) < 4.78 is 0. The van der Waals surface area contributed by atoms with Gasteiger partial charge in [0.1, 0.15) is 5.71 Å². The molecule has 5 heteroatoms. The fourth-order valence-electron chi connectivity index (χ4n) is 2.91. The molecule has 0 aliphatic heterocycles. The van der Waals surface area contributed by atoms with E-state index < -0.39 is 5.97 Å². The van der Waals surface area contributed by atoms with Crippen LogP contribution in [-0.4, -0.2) is 17.5 Å². The van der Waals surface area contributed by atoms with Gasteiger partial charge in [-0.3, -0.25) is 4.79 Å². The molecule has 1 saturated carbocycles. The molecule has 0 saturated heterocycles. The van der Waals surface area contributed by atoms with E-state index in [9.17, 15) is 9.59 Å². The highest BCUT2D eigenvalue weighted by Crippen LogP contribution is 2.31. The monoisotopic (exact) mass is 381 g/mol. The third kappa shape index (κ3) is 5.79. The fraction of sp³-hybridized carbons (Fsp3) is 0.318. The summed E-state index contributed by atoms with van der Waals surface area (Å²) in [6.07, 6.45) is 5.13. The van der Waals surface area contributed by atoms with Crippen molar-refractivity contribution in [3.05, 3.63) is 60.2 Å². The number of hydrogen-bond donors (Lipinski definition) is 0. The van der Waals surface area contributed by atoms with Crippen LogP contribution < -0.4 is 0 Å². The summed E-state index contributed by atoms with van der Waals surface area (Å²) in [4.78, 5) is 30.9. The maximum Gasteiger partial charge on any atom is 0.331 e. The Morgan fingerprint density at radius 1 is 1.04 bits per heavy atom. The first kappa shape index (κ1) is 19.4. The van der Waals surface area contributed by atoms with Crippen LogP contribution in [-0.2, 0) is 9.63 Å². The number of carbonyl (C=O) groups is 2. The number of oxime groups is 1. The van der Waals surface area contributed by atoms with Crippen LogP contribution in [0.15, 0.2) is 69.5 Å². The topological polar surface area (TPSA) is 55.7 Å². The summed E-state index contributed by atoms with van der Waals surface area (Å²) >= 11 is 1.64. The maximum atomic E-state index is 12.8. The van der Waals surface area contributed by atoms with Gasteiger partial charge >= 0.3 is 5.97 Å². The minimum atomic E-state index is -0.515. The Morgan fingerprint density at radius 2 is 1.70 bits per heavy atom. The molecule has 1 aliphatic carbocycles. The zero-order chi connectivity index (χ0) is 19.1. The van der Waals surface area contributed by atoms with Gasteiger partial charge in [0.15, 0.2) is 0 Å². The van der Waals surface area contributed by atoms with Crippen molar-refractivity contribution in [2.24, 2.45) is 11.1 Å². The standard InChI is InChI=1S/C22H23NO3S/c1-16(24)26-23-21(15-10-17-6-5-7-17)22(25)18-11-13-20(14-12-18)27-19-8-3-2-4-9-19/h2-4,8-9,11-14,17H,5-7,10,15H2,1H3. The SMILES string of the molecule is CC(=O)ON=C(CCC1CCC1)C(=O)c1ccc(Sc2ccccc2)cc1. The highest BCUT2D eigenvalue weighted by Gasteiger charge is 2.21. The quantitative estimate of drug-likeness (QED) is 0.261. The Kier molecular flexibility index (Phi) is 6.82. The first-order chi connectivity index (χ1) is 13.1. The molecule has 140 valence electrons. The van der Waals surface area contributed by atoms with Crippen molar-refractivity contribution in [3.8, 4) is 0 Å². The first-order valence-electron chi connectivity index (χ1n) is 9.24. The van der Waals surface area contributed by atoms with E-state index in [0.717, 1.165) is 16.2 Å². The smallest absolute Gasteiger partial charge is 0.318 e. The zero-order valence-corrected chi connectivity index (χ0v) is 16.2. The molecule has 0 unspecified atom stereocenters. The van der Waals surface area contributed by atoms with E-state index in [1.54, 1.807) is 23.9 Å². The summed E-state index contributed by atoms with van der Waals surface area (Å²) in [5, 5.41) is 3.83. The van der Waals surface area contributed by atoms with Crippen molar-refractivity contribution in [1.82, 2.24) is 0 Å². The minimum absolute atomic E-state index is 0.174. The van der Waals surface area contributed by atoms with Crippen molar-refractivity contribution in [3.63, 3.8) is 0 Å². The number of ketones is 1. The average molecular weight is 381 g/mol. The van der Waals surface area contributed by atoms with Crippen LogP contribution in [0.1, 0.15) is 49.4 Å². The van der Waals surface area contributed by atoms with Crippen molar-refractivity contribution in [2.75, 3.05) is 0 Å². The van der Waals surface area contributed by atoms with Crippen LogP contribution in [0.4, 0.5) is 0 Å². The van der Waals surface area contributed by atoms with Crippen molar-refractivity contribution >= 4 is 29.2 Å². The Balaban J connectivity index is 1.68. The molecule has 2 aromatic rings. The Labute approximate surface area is 164 Å². The van der Waals surface area contributed by atoms with Gasteiger partial charge in [-0.05, 0) is 55.2 Å². The molecule has 4 nitrogen and oxygen atoms in total. The molecule has 0 N–H and O–H groups in total. The number of carbonyl (C=O) groups excluding carboxylic acids is 2. The van der Waals surface area contributed by atoms with Crippen molar-refractivity contribution in [1.29, 1.82) is 0 Å². The van der Waals surface area contributed by atoms with Gasteiger partial charge < -0.3 is 4.84 Å². The molecule has 0 heterocycles. The summed E-state index contributed by atoms with van der Waals surface area (Å²) in [6, 6.07) is 17.6. The number of hydrogen-bond acceptors (Lipinski definition) is 5. The molecule has 2 aromatic carbocycles. The molecule has 1 aliphatic rings. The molecule has 0 aromatic heterocycles. The second kappa shape index (κ2) is 9.51. The molecule has 0 atom stereocenters. The van der Waals surface area contributed by atoms with E-state index in [-0.39, 0.29) is 5.78 Å². The molecule has 0 bridgehead atoms. The molecular formula is C22H23NO3S. The van der Waals surface area contributed by atoms with Crippen molar-refractivity contribution < 1.29 is 14.4 Å². The lowest BCUT2D eigenvalue weighted by Gasteiger charge is -2.25. The normalized spacial score (nSPS) is 14.5. The third-order valence-corrected chi connectivity index (χ3v) is 5.67. The number of Topliss-reactive ketones (excluding diaryl/α,β-unsaturated/α-hetero) is 1. The predicted octanol–water partition coefficient (Wildman–Crippen LogP) is 5.52. The number of rotatable bonds is 8. The molecule has 0 amide bonds. The van der Waals surface area contributed by atoms with E-state index >= 15 is 0 Å². The second-order valence-electron chi connectivity index (χ2n) is 6.73. The first-order valence-corrected chi connectivity index (χ1v) is 10.1. The van der Waals surface area contributed by atoms with Gasteiger partial charge in [0.25, 0.3) is 0 Å². The van der Waals surface area contributed by atoms with E-state index in [2.05, 4.69) is 5.16 Å². The molecule has 1 fully saturated rings. The number of benzene rings is 2. The van der Waals surface area contributed by atoms with E-state index in [4.69, 9.17) is 4.84 Å². The van der Waals surface area contributed by atoms with Crippen LogP contribution in [0, 0.1) is 5.92 Å². The summed E-state index contributed by atoms with van der Waals surface area (Å²) in [7, 11) is 0. The fourth-order valence-corrected chi connectivity index (χ4v) is 3.75. The molecule has 27 heavy (non-hydrogen) atoms. The van der Waals surface area contributed by atoms with Gasteiger partial charge in [0, 0.05) is 22.3 Å². The van der Waals surface area contributed by atoms with E-state index in [0.29, 0.717) is 23.6 Å². The Hall–Kier alpha value is -2.40. The van der Waals surface area contributed by atoms with Crippen molar-refractivity contribution in [2.45, 2.75) is 48.8 Å². The molecular weight excluding hydrogens is 358 g/mol. The summed E-state index contributed by atoms with van der Waals surface area (Å²) in [6.45, 7) is 1.28. The largest absolute Gasteiger partial charge is 0.331 e. The predicted molar refractivity (Wildman–Crippen MR) is 107 cm³/mol. The highest BCUT2D eigenvalue weighted by atomic mass is 32.2. The molecule has 0 radical (unpaired) electrons. The molecule has 0 spiro atoms. The van der Waals surface area contributed by atoms with E-state index in [1.165, 1.54) is 26.2 Å². The lowest BCUT2D eigenvalue weighted by atomic mass is 9.81. The second-order valence-corrected chi connectivity index (χ2v) is 7.87. The highest BCUT2D eigenvalue weighted by molar-refractivity contribution is 7.99. The van der Waals surface area contributed by atoms with E-state index in [1.807, 2.05) is 42.5 Å². The Bertz CT molecular complexity index is 811. The lowest BCUT2D eigenvalue weighted by molar-refractivity contribution is -0.140. The van der Waals surface area contributed by atoms with Crippen LogP contribution in [0.25, 0.3) is 0 Å². The van der Waals surface area contributed by atoms with Gasteiger partial charge in [0.05, 0.1) is 0 Å². The Morgan fingerprint density at radius 3 is 2.30 bits per heavy atom. The van der Waals surface area contributed by atoms with Gasteiger partial charge in [-0.25, -0.2) is 4.79 Å². The minimum Gasteiger partial charge on any atom is -0.318 e. The molecule has 3 rings (SSSR count). The van der Waals surface area contributed by atoms with Crippen LogP contribution >= 0.6 is 11.8 Å². The average Bonchev–Trinajstić information content (AvgIpc) is 2.64. The maximum absolute atomic E-state index is 12.8. The summed E-state index contributed by atoms with van der Waals surface area (Å²) in [5.74, 6) is -0.0321. The van der Waals surface area contributed by atoms with Crippen LogP contribution in [0.5, 0.6) is 0 Å². The third-order valence-electron chi connectivity index (χ3n) is 4.66. The van der Waals surface area contributed by atoms with Crippen LogP contribution in [0.3, 0.4) is 0 Å². The van der Waals surface area contributed by atoms with Gasteiger partial charge in [0.2, 0.25) is 5.78 Å². The van der Waals surface area contributed by atoms with Gasteiger partial charge in [-0.1, -0.05) is 54.4 Å². The van der Waals surface area contributed by atoms with Gasteiger partial charge in [-0.15, -0.1) is 0 Å². The van der Waals surface area contributed by atoms with Gasteiger partial charge in [-0.2, -0.15) is 0 Å². The van der Waals surface area contributed by atoms with Crippen LogP contribution in [0.2, 0.25) is 0 Å².